The van der Waals surface area contributed by atoms with Crippen molar-refractivity contribution < 1.29 is 4.74 Å². The molecule has 0 aliphatic rings. The Hall–Kier alpha value is -1.87. The summed E-state index contributed by atoms with van der Waals surface area (Å²) in [5.41, 5.74) is 2.78. The summed E-state index contributed by atoms with van der Waals surface area (Å²) >= 11 is 5.93. The van der Waals surface area contributed by atoms with Crippen LogP contribution in [0.25, 0.3) is 6.08 Å². The van der Waals surface area contributed by atoms with E-state index in [2.05, 4.69) is 10.2 Å². The van der Waals surface area contributed by atoms with Crippen LogP contribution in [0.3, 0.4) is 0 Å². The fraction of sp³-hybridized carbons (Fsp3) is 0.200. The second-order valence-corrected chi connectivity index (χ2v) is 4.54. The van der Waals surface area contributed by atoms with Crippen LogP contribution in [-0.2, 0) is 0 Å². The standard InChI is InChI=1S/C15H15ClN2O/c1-4-7-12-8-5-6-9-13(12)19-15-11(3)10(2)14(16)17-18-15/h4-9H,1-3H3. The van der Waals surface area contributed by atoms with Crippen LogP contribution in [0.2, 0.25) is 5.15 Å². The van der Waals surface area contributed by atoms with Crippen LogP contribution in [0.1, 0.15) is 23.6 Å². The van der Waals surface area contributed by atoms with Crippen LogP contribution in [0, 0.1) is 13.8 Å². The Morgan fingerprint density at radius 3 is 2.58 bits per heavy atom. The fourth-order valence-electron chi connectivity index (χ4n) is 1.65. The van der Waals surface area contributed by atoms with E-state index in [1.807, 2.05) is 57.2 Å². The number of para-hydroxylation sites is 1. The molecule has 4 heteroatoms. The van der Waals surface area contributed by atoms with Crippen molar-refractivity contribution in [2.45, 2.75) is 20.8 Å². The normalized spacial score (nSPS) is 10.9. The highest BCUT2D eigenvalue weighted by atomic mass is 35.5. The lowest BCUT2D eigenvalue weighted by Crippen LogP contribution is -1.98. The Labute approximate surface area is 117 Å². The molecule has 19 heavy (non-hydrogen) atoms. The molecule has 0 bridgehead atoms. The Kier molecular flexibility index (Phi) is 4.17. The van der Waals surface area contributed by atoms with Gasteiger partial charge in [-0.25, -0.2) is 0 Å². The highest BCUT2D eigenvalue weighted by molar-refractivity contribution is 6.30. The first-order chi connectivity index (χ1) is 9.13. The average Bonchev–Trinajstić information content (AvgIpc) is 2.42. The van der Waals surface area contributed by atoms with Gasteiger partial charge in [-0.3, -0.25) is 0 Å². The molecule has 1 heterocycles. The number of hydrogen-bond acceptors (Lipinski definition) is 3. The summed E-state index contributed by atoms with van der Waals surface area (Å²) in [6, 6.07) is 7.78. The van der Waals surface area contributed by atoms with Crippen molar-refractivity contribution in [3.8, 4) is 11.6 Å². The molecule has 1 aromatic heterocycles. The first-order valence-electron chi connectivity index (χ1n) is 6.02. The monoisotopic (exact) mass is 274 g/mol. The van der Waals surface area contributed by atoms with Crippen molar-refractivity contribution in [1.29, 1.82) is 0 Å². The third-order valence-corrected chi connectivity index (χ3v) is 3.25. The number of hydrogen-bond donors (Lipinski definition) is 0. The molecule has 0 spiro atoms. The number of halogens is 1. The summed E-state index contributed by atoms with van der Waals surface area (Å²) in [6.45, 7) is 5.79. The first kappa shape index (κ1) is 13.6. The summed E-state index contributed by atoms with van der Waals surface area (Å²) in [7, 11) is 0. The van der Waals surface area contributed by atoms with Gasteiger partial charge in [0.1, 0.15) is 5.75 Å². The SMILES string of the molecule is CC=Cc1ccccc1Oc1nnc(Cl)c(C)c1C. The van der Waals surface area contributed by atoms with E-state index in [-0.39, 0.29) is 0 Å². The van der Waals surface area contributed by atoms with Crippen LogP contribution in [0.4, 0.5) is 0 Å². The zero-order valence-corrected chi connectivity index (χ0v) is 11.9. The van der Waals surface area contributed by atoms with Crippen LogP contribution >= 0.6 is 11.6 Å². The number of ether oxygens (including phenoxy) is 1. The second kappa shape index (κ2) is 5.85. The largest absolute Gasteiger partial charge is 0.437 e. The maximum absolute atomic E-state index is 5.93. The van der Waals surface area contributed by atoms with Gasteiger partial charge in [-0.05, 0) is 32.4 Å². The molecule has 0 saturated heterocycles. The molecule has 0 aliphatic carbocycles. The minimum atomic E-state index is 0.409. The third-order valence-electron chi connectivity index (χ3n) is 2.89. The molecule has 2 aromatic rings. The quantitative estimate of drug-likeness (QED) is 0.822. The second-order valence-electron chi connectivity index (χ2n) is 4.19. The van der Waals surface area contributed by atoms with Crippen LogP contribution in [0.5, 0.6) is 11.6 Å². The van der Waals surface area contributed by atoms with Gasteiger partial charge >= 0.3 is 0 Å². The molecule has 0 saturated carbocycles. The molecule has 0 aliphatic heterocycles. The molecule has 98 valence electrons. The van der Waals surface area contributed by atoms with E-state index in [9.17, 15) is 0 Å². The van der Waals surface area contributed by atoms with E-state index in [1.54, 1.807) is 0 Å². The summed E-state index contributed by atoms with van der Waals surface area (Å²) in [5.74, 6) is 1.23. The first-order valence-corrected chi connectivity index (χ1v) is 6.40. The van der Waals surface area contributed by atoms with Gasteiger partial charge in [-0.1, -0.05) is 42.0 Å². The molecule has 0 N–H and O–H groups in total. The lowest BCUT2D eigenvalue weighted by molar-refractivity contribution is 0.449. The zero-order chi connectivity index (χ0) is 13.8. The van der Waals surface area contributed by atoms with E-state index < -0.39 is 0 Å². The van der Waals surface area contributed by atoms with Crippen LogP contribution < -0.4 is 4.74 Å². The van der Waals surface area contributed by atoms with E-state index in [0.717, 1.165) is 22.4 Å². The maximum Gasteiger partial charge on any atom is 0.242 e. The van der Waals surface area contributed by atoms with E-state index in [0.29, 0.717) is 11.0 Å². The topological polar surface area (TPSA) is 35.0 Å². The lowest BCUT2D eigenvalue weighted by atomic mass is 10.2. The van der Waals surface area contributed by atoms with Crippen LogP contribution in [0.15, 0.2) is 30.3 Å². The van der Waals surface area contributed by atoms with Crippen molar-refractivity contribution in [2.75, 3.05) is 0 Å². The lowest BCUT2D eigenvalue weighted by Gasteiger charge is -2.11. The summed E-state index contributed by atoms with van der Waals surface area (Å²) < 4.78 is 5.85. The zero-order valence-electron chi connectivity index (χ0n) is 11.1. The van der Waals surface area contributed by atoms with Gasteiger partial charge < -0.3 is 4.74 Å². The van der Waals surface area contributed by atoms with Gasteiger partial charge in [0.25, 0.3) is 0 Å². The number of aromatic nitrogens is 2. The molecule has 0 atom stereocenters. The molecule has 0 radical (unpaired) electrons. The van der Waals surface area contributed by atoms with Crippen molar-refractivity contribution in [2.24, 2.45) is 0 Å². The van der Waals surface area contributed by atoms with Gasteiger partial charge in [0.05, 0.1) is 0 Å². The summed E-state index contributed by atoms with van der Waals surface area (Å²) in [4.78, 5) is 0. The predicted molar refractivity (Wildman–Crippen MR) is 77.7 cm³/mol. The van der Waals surface area contributed by atoms with Gasteiger partial charge in [-0.2, -0.15) is 0 Å². The van der Waals surface area contributed by atoms with E-state index in [1.165, 1.54) is 0 Å². The van der Waals surface area contributed by atoms with Gasteiger partial charge in [0.15, 0.2) is 5.15 Å². The van der Waals surface area contributed by atoms with Crippen molar-refractivity contribution in [3.63, 3.8) is 0 Å². The number of rotatable bonds is 3. The Bertz CT molecular complexity index is 624. The van der Waals surface area contributed by atoms with Gasteiger partial charge in [-0.15, -0.1) is 10.2 Å². The molecule has 2 rings (SSSR count). The minimum Gasteiger partial charge on any atom is -0.437 e. The van der Waals surface area contributed by atoms with Gasteiger partial charge in [0.2, 0.25) is 5.88 Å². The Balaban J connectivity index is 2.39. The number of allylic oxidation sites excluding steroid dienone is 1. The van der Waals surface area contributed by atoms with E-state index in [4.69, 9.17) is 16.3 Å². The minimum absolute atomic E-state index is 0.409. The summed E-state index contributed by atoms with van der Waals surface area (Å²) in [5, 5.41) is 8.30. The highest BCUT2D eigenvalue weighted by Gasteiger charge is 2.11. The smallest absolute Gasteiger partial charge is 0.242 e. The number of benzene rings is 1. The van der Waals surface area contributed by atoms with Crippen LogP contribution in [-0.4, -0.2) is 10.2 Å². The molecule has 0 amide bonds. The predicted octanol–water partition coefficient (Wildman–Crippen LogP) is 4.57. The number of nitrogens with zero attached hydrogens (tertiary/aromatic N) is 2. The van der Waals surface area contributed by atoms with Gasteiger partial charge in [0, 0.05) is 11.1 Å². The Morgan fingerprint density at radius 2 is 1.84 bits per heavy atom. The molecule has 0 unspecified atom stereocenters. The Morgan fingerprint density at radius 1 is 1.11 bits per heavy atom. The van der Waals surface area contributed by atoms with Crippen molar-refractivity contribution in [1.82, 2.24) is 10.2 Å². The fourth-order valence-corrected chi connectivity index (χ4v) is 1.83. The van der Waals surface area contributed by atoms with Crippen molar-refractivity contribution in [3.05, 3.63) is 52.2 Å². The molecule has 1 aromatic carbocycles. The average molecular weight is 275 g/mol. The molecular weight excluding hydrogens is 260 g/mol. The highest BCUT2D eigenvalue weighted by Crippen LogP contribution is 2.29. The third kappa shape index (κ3) is 2.93. The molecular formula is C15H15ClN2O. The van der Waals surface area contributed by atoms with E-state index >= 15 is 0 Å². The molecule has 0 fully saturated rings. The molecule has 3 nitrogen and oxygen atoms in total. The van der Waals surface area contributed by atoms with Crippen molar-refractivity contribution >= 4 is 17.7 Å². The summed E-state index contributed by atoms with van der Waals surface area (Å²) in [6.07, 6.45) is 3.95. The maximum atomic E-state index is 5.93.